The topological polar surface area (TPSA) is 38.3 Å². The van der Waals surface area contributed by atoms with Crippen LogP contribution in [0.4, 0.5) is 8.78 Å². The van der Waals surface area contributed by atoms with E-state index < -0.39 is 11.6 Å². The number of hydrogen-bond acceptors (Lipinski definition) is 2. The molecular formula is C17H16BrF2NO2. The van der Waals surface area contributed by atoms with E-state index in [1.807, 2.05) is 24.3 Å². The van der Waals surface area contributed by atoms with Gasteiger partial charge in [-0.25, -0.2) is 8.78 Å². The smallest absolute Gasteiger partial charge is 0.220 e. The molecule has 1 amide bonds. The molecule has 0 heterocycles. The van der Waals surface area contributed by atoms with Crippen molar-refractivity contribution in [2.45, 2.75) is 12.8 Å². The van der Waals surface area contributed by atoms with E-state index >= 15 is 0 Å². The molecule has 6 heteroatoms. The van der Waals surface area contributed by atoms with Gasteiger partial charge in [0.05, 0.1) is 6.54 Å². The first-order valence-electron chi connectivity index (χ1n) is 7.13. The second kappa shape index (κ2) is 8.62. The zero-order chi connectivity index (χ0) is 16.7. The molecule has 0 aromatic heterocycles. The van der Waals surface area contributed by atoms with Gasteiger partial charge in [-0.2, -0.15) is 0 Å². The Morgan fingerprint density at radius 3 is 2.78 bits per heavy atom. The van der Waals surface area contributed by atoms with Gasteiger partial charge >= 0.3 is 0 Å². The van der Waals surface area contributed by atoms with Crippen LogP contribution in [0.3, 0.4) is 0 Å². The van der Waals surface area contributed by atoms with Crippen molar-refractivity contribution in [2.24, 2.45) is 0 Å². The summed E-state index contributed by atoms with van der Waals surface area (Å²) in [6, 6.07) is 10.6. The molecule has 0 saturated carbocycles. The Labute approximate surface area is 141 Å². The lowest BCUT2D eigenvalue weighted by Crippen LogP contribution is -2.28. The van der Waals surface area contributed by atoms with Gasteiger partial charge in [0.2, 0.25) is 5.91 Å². The molecule has 0 radical (unpaired) electrons. The van der Waals surface area contributed by atoms with E-state index in [2.05, 4.69) is 21.2 Å². The molecule has 0 aliphatic rings. The average molecular weight is 384 g/mol. The standard InChI is InChI=1S/C17H16BrF2NO2/c18-13-2-1-3-15(11-13)23-9-8-21-17(22)7-4-12-10-14(19)5-6-16(12)20/h1-3,5-6,10-11H,4,7-9H2,(H,21,22). The highest BCUT2D eigenvalue weighted by molar-refractivity contribution is 9.10. The number of benzene rings is 2. The summed E-state index contributed by atoms with van der Waals surface area (Å²) < 4.78 is 32.8. The Morgan fingerprint density at radius 1 is 1.17 bits per heavy atom. The van der Waals surface area contributed by atoms with Gasteiger partial charge in [0.25, 0.3) is 0 Å². The Kier molecular flexibility index (Phi) is 6.52. The fourth-order valence-electron chi connectivity index (χ4n) is 1.99. The average Bonchev–Trinajstić information content (AvgIpc) is 2.52. The highest BCUT2D eigenvalue weighted by Gasteiger charge is 2.07. The fraction of sp³-hybridized carbons (Fsp3) is 0.235. The first-order chi connectivity index (χ1) is 11.0. The fourth-order valence-corrected chi connectivity index (χ4v) is 2.37. The van der Waals surface area contributed by atoms with Crippen molar-refractivity contribution < 1.29 is 18.3 Å². The number of carbonyl (C=O) groups is 1. The van der Waals surface area contributed by atoms with Crippen molar-refractivity contribution in [2.75, 3.05) is 13.2 Å². The number of hydrogen-bond donors (Lipinski definition) is 1. The third-order valence-corrected chi connectivity index (χ3v) is 3.61. The van der Waals surface area contributed by atoms with Crippen molar-refractivity contribution in [3.8, 4) is 5.75 Å². The van der Waals surface area contributed by atoms with Crippen LogP contribution >= 0.6 is 15.9 Å². The van der Waals surface area contributed by atoms with Gasteiger partial charge < -0.3 is 10.1 Å². The molecule has 1 N–H and O–H groups in total. The Morgan fingerprint density at radius 2 is 2.00 bits per heavy atom. The summed E-state index contributed by atoms with van der Waals surface area (Å²) in [5, 5.41) is 2.68. The van der Waals surface area contributed by atoms with Crippen molar-refractivity contribution in [3.05, 3.63) is 64.1 Å². The molecule has 2 rings (SSSR count). The maximum absolute atomic E-state index is 13.4. The molecule has 0 saturated heterocycles. The van der Waals surface area contributed by atoms with Crippen LogP contribution in [-0.4, -0.2) is 19.1 Å². The predicted octanol–water partition coefficient (Wildman–Crippen LogP) is 3.86. The van der Waals surface area contributed by atoms with Crippen LogP contribution in [0.2, 0.25) is 0 Å². The third-order valence-electron chi connectivity index (χ3n) is 3.12. The number of rotatable bonds is 7. The summed E-state index contributed by atoms with van der Waals surface area (Å²) in [6.07, 6.45) is 0.249. The SMILES string of the molecule is O=C(CCc1cc(F)ccc1F)NCCOc1cccc(Br)c1. The van der Waals surface area contributed by atoms with Crippen molar-refractivity contribution in [1.82, 2.24) is 5.32 Å². The molecule has 0 spiro atoms. The van der Waals surface area contributed by atoms with Crippen molar-refractivity contribution in [3.63, 3.8) is 0 Å². The van der Waals surface area contributed by atoms with Gasteiger partial charge in [0.15, 0.2) is 0 Å². The first-order valence-corrected chi connectivity index (χ1v) is 7.93. The molecule has 0 atom stereocenters. The minimum absolute atomic E-state index is 0.0945. The van der Waals surface area contributed by atoms with E-state index in [4.69, 9.17) is 4.74 Å². The lowest BCUT2D eigenvalue weighted by molar-refractivity contribution is -0.121. The zero-order valence-electron chi connectivity index (χ0n) is 12.3. The number of amides is 1. The van der Waals surface area contributed by atoms with E-state index in [1.165, 1.54) is 0 Å². The number of nitrogens with one attached hydrogen (secondary N) is 1. The molecule has 0 fully saturated rings. The van der Waals surface area contributed by atoms with Gasteiger partial charge in [-0.3, -0.25) is 4.79 Å². The maximum atomic E-state index is 13.4. The highest BCUT2D eigenvalue weighted by Crippen LogP contribution is 2.17. The summed E-state index contributed by atoms with van der Waals surface area (Å²) in [4.78, 5) is 11.7. The Balaban J connectivity index is 1.68. The lowest BCUT2D eigenvalue weighted by Gasteiger charge is -2.08. The molecule has 2 aromatic carbocycles. The number of halogens is 3. The van der Waals surface area contributed by atoms with Crippen LogP contribution in [-0.2, 0) is 11.2 Å². The normalized spacial score (nSPS) is 10.4. The number of ether oxygens (including phenoxy) is 1. The third kappa shape index (κ3) is 5.98. The van der Waals surface area contributed by atoms with E-state index in [1.54, 1.807) is 0 Å². The molecule has 3 nitrogen and oxygen atoms in total. The van der Waals surface area contributed by atoms with Gasteiger partial charge in [0.1, 0.15) is 24.0 Å². The monoisotopic (exact) mass is 383 g/mol. The van der Waals surface area contributed by atoms with E-state index in [0.717, 1.165) is 22.7 Å². The number of aryl methyl sites for hydroxylation is 1. The lowest BCUT2D eigenvalue weighted by atomic mass is 10.1. The van der Waals surface area contributed by atoms with Crippen LogP contribution in [0.1, 0.15) is 12.0 Å². The van der Waals surface area contributed by atoms with Crippen LogP contribution < -0.4 is 10.1 Å². The summed E-state index contributed by atoms with van der Waals surface area (Å²) in [6.45, 7) is 0.674. The molecule has 0 aliphatic carbocycles. The van der Waals surface area contributed by atoms with Gasteiger partial charge in [-0.15, -0.1) is 0 Å². The van der Waals surface area contributed by atoms with Crippen LogP contribution in [0, 0.1) is 11.6 Å². The van der Waals surface area contributed by atoms with E-state index in [0.29, 0.717) is 18.9 Å². The van der Waals surface area contributed by atoms with Gasteiger partial charge in [-0.05, 0) is 48.4 Å². The maximum Gasteiger partial charge on any atom is 0.220 e. The molecule has 23 heavy (non-hydrogen) atoms. The quantitative estimate of drug-likeness (QED) is 0.737. The Bertz CT molecular complexity index is 679. The van der Waals surface area contributed by atoms with Gasteiger partial charge in [0, 0.05) is 10.9 Å². The summed E-state index contributed by atoms with van der Waals surface area (Å²) in [5.41, 5.74) is 0.200. The second-order valence-corrected chi connectivity index (χ2v) is 5.81. The highest BCUT2D eigenvalue weighted by atomic mass is 79.9. The summed E-state index contributed by atoms with van der Waals surface area (Å²) >= 11 is 3.34. The minimum Gasteiger partial charge on any atom is -0.492 e. The van der Waals surface area contributed by atoms with Crippen molar-refractivity contribution in [1.29, 1.82) is 0 Å². The molecule has 122 valence electrons. The summed E-state index contributed by atoms with van der Waals surface area (Å²) in [7, 11) is 0. The van der Waals surface area contributed by atoms with Crippen LogP contribution in [0.15, 0.2) is 46.9 Å². The predicted molar refractivity (Wildman–Crippen MR) is 87.3 cm³/mol. The van der Waals surface area contributed by atoms with E-state index in [9.17, 15) is 13.6 Å². The number of carbonyl (C=O) groups excluding carboxylic acids is 1. The minimum atomic E-state index is -0.510. The molecule has 2 aromatic rings. The van der Waals surface area contributed by atoms with Crippen molar-refractivity contribution >= 4 is 21.8 Å². The first kappa shape index (κ1) is 17.4. The summed E-state index contributed by atoms with van der Waals surface area (Å²) in [5.74, 6) is -0.539. The zero-order valence-corrected chi connectivity index (χ0v) is 13.9. The molecule has 0 bridgehead atoms. The Hall–Kier alpha value is -1.95. The largest absolute Gasteiger partial charge is 0.492 e. The molecule has 0 unspecified atom stereocenters. The molecule has 0 aliphatic heterocycles. The van der Waals surface area contributed by atoms with Crippen LogP contribution in [0.25, 0.3) is 0 Å². The molecular weight excluding hydrogens is 368 g/mol. The second-order valence-electron chi connectivity index (χ2n) is 4.89. The van der Waals surface area contributed by atoms with Gasteiger partial charge in [-0.1, -0.05) is 22.0 Å². The van der Waals surface area contributed by atoms with Crippen LogP contribution in [0.5, 0.6) is 5.75 Å². The van der Waals surface area contributed by atoms with E-state index in [-0.39, 0.29) is 24.3 Å².